The second-order valence-corrected chi connectivity index (χ2v) is 4.19. The Labute approximate surface area is 93.1 Å². The van der Waals surface area contributed by atoms with Gasteiger partial charge < -0.3 is 0 Å². The molecule has 0 N–H and O–H groups in total. The minimum atomic E-state index is 0.873. The molecule has 0 atom stereocenters. The summed E-state index contributed by atoms with van der Waals surface area (Å²) in [5, 5.41) is 1.14. The lowest BCUT2D eigenvalue weighted by molar-refractivity contribution is 1.21. The number of rotatable bonds is 3. The van der Waals surface area contributed by atoms with E-state index in [1.807, 2.05) is 24.3 Å². The molecule has 0 aliphatic heterocycles. The molecule has 0 unspecified atom stereocenters. The first kappa shape index (κ1) is 9.91. The van der Waals surface area contributed by atoms with E-state index in [2.05, 4.69) is 29.4 Å². The molecule has 0 radical (unpaired) electrons. The largest absolute Gasteiger partial charge is 0.241 e. The first-order valence-electron chi connectivity index (χ1n) is 4.75. The lowest BCUT2D eigenvalue weighted by Crippen LogP contribution is -1.76. The monoisotopic (exact) mass is 213 g/mol. The number of hydrogen-bond acceptors (Lipinski definition) is 2. The maximum atomic E-state index is 4.53. The van der Waals surface area contributed by atoms with Gasteiger partial charge >= 0.3 is 0 Å². The van der Waals surface area contributed by atoms with Crippen molar-refractivity contribution in [1.29, 1.82) is 0 Å². The summed E-state index contributed by atoms with van der Waals surface area (Å²) in [6, 6.07) is 8.20. The van der Waals surface area contributed by atoms with E-state index in [9.17, 15) is 0 Å². The minimum absolute atomic E-state index is 0.873. The molecule has 2 heteroatoms. The van der Waals surface area contributed by atoms with Crippen LogP contribution >= 0.6 is 11.3 Å². The van der Waals surface area contributed by atoms with Gasteiger partial charge in [-0.15, -0.1) is 17.1 Å². The molecule has 1 aromatic heterocycles. The second kappa shape index (κ2) is 4.74. The van der Waals surface area contributed by atoms with Crippen LogP contribution < -0.4 is 0 Å². The molecule has 0 aliphatic rings. The maximum absolute atomic E-state index is 4.53. The fourth-order valence-electron chi connectivity index (χ4n) is 1.31. The highest BCUT2D eigenvalue weighted by atomic mass is 32.1. The van der Waals surface area contributed by atoms with Crippen LogP contribution in [0, 0.1) is 0 Å². The van der Waals surface area contributed by atoms with Crippen molar-refractivity contribution in [3.05, 3.63) is 59.8 Å². The van der Waals surface area contributed by atoms with Gasteiger partial charge in [0.25, 0.3) is 0 Å². The third-order valence-corrected chi connectivity index (χ3v) is 3.04. The summed E-state index contributed by atoms with van der Waals surface area (Å²) >= 11 is 1.74. The van der Waals surface area contributed by atoms with Crippen LogP contribution in [0.2, 0.25) is 0 Å². The zero-order chi connectivity index (χ0) is 10.5. The van der Waals surface area contributed by atoms with Gasteiger partial charge in [0.15, 0.2) is 0 Å². The number of para-hydroxylation sites is 1. The van der Waals surface area contributed by atoms with Crippen molar-refractivity contribution < 1.29 is 0 Å². The molecule has 2 rings (SSSR count). The number of fused-ring (bicyclic) bond motifs is 1. The lowest BCUT2D eigenvalue weighted by atomic mass is 10.3. The quantitative estimate of drug-likeness (QED) is 0.559. The highest BCUT2D eigenvalue weighted by Crippen LogP contribution is 2.21. The average Bonchev–Trinajstić information content (AvgIpc) is 2.67. The van der Waals surface area contributed by atoms with Crippen LogP contribution in [0.4, 0.5) is 0 Å². The van der Waals surface area contributed by atoms with Gasteiger partial charge in [-0.2, -0.15) is 0 Å². The first-order valence-corrected chi connectivity index (χ1v) is 5.57. The zero-order valence-corrected chi connectivity index (χ0v) is 9.13. The van der Waals surface area contributed by atoms with E-state index in [4.69, 9.17) is 0 Å². The molecule has 1 heterocycles. The summed E-state index contributed by atoms with van der Waals surface area (Å²) in [7, 11) is 0. The van der Waals surface area contributed by atoms with Crippen LogP contribution in [0.15, 0.2) is 54.8 Å². The maximum Gasteiger partial charge on any atom is 0.0976 e. The number of benzene rings is 1. The van der Waals surface area contributed by atoms with Crippen LogP contribution in [-0.4, -0.2) is 4.98 Å². The number of nitrogens with zero attached hydrogens (tertiary/aromatic N) is 1. The van der Waals surface area contributed by atoms with Gasteiger partial charge in [-0.1, -0.05) is 30.9 Å². The van der Waals surface area contributed by atoms with Crippen molar-refractivity contribution in [2.24, 2.45) is 0 Å². The molecule has 0 spiro atoms. The Morgan fingerprint density at radius 1 is 1.40 bits per heavy atom. The SMILES string of the molecule is C=C=CC=CCc1nc2ccccc2s1. The van der Waals surface area contributed by atoms with Crippen LogP contribution in [0.1, 0.15) is 5.01 Å². The first-order chi connectivity index (χ1) is 7.40. The van der Waals surface area contributed by atoms with E-state index in [1.54, 1.807) is 17.4 Å². The predicted molar refractivity (Wildman–Crippen MR) is 66.2 cm³/mol. The molecule has 0 aliphatic carbocycles. The summed E-state index contributed by atoms with van der Waals surface area (Å²) in [5.41, 5.74) is 3.79. The molecular formula is C13H11NS. The van der Waals surface area contributed by atoms with Crippen LogP contribution in [0.25, 0.3) is 10.2 Å². The molecule has 1 aromatic carbocycles. The highest BCUT2D eigenvalue weighted by Gasteiger charge is 1.99. The topological polar surface area (TPSA) is 12.9 Å². The van der Waals surface area contributed by atoms with Crippen LogP contribution in [-0.2, 0) is 6.42 Å². The fraction of sp³-hybridized carbons (Fsp3) is 0.0769. The normalized spacial score (nSPS) is 10.7. The van der Waals surface area contributed by atoms with E-state index < -0.39 is 0 Å². The van der Waals surface area contributed by atoms with Crippen molar-refractivity contribution in [2.45, 2.75) is 6.42 Å². The van der Waals surface area contributed by atoms with Crippen molar-refractivity contribution >= 4 is 21.6 Å². The summed E-state index contributed by atoms with van der Waals surface area (Å²) in [4.78, 5) is 4.53. The van der Waals surface area contributed by atoms with Crippen molar-refractivity contribution in [2.75, 3.05) is 0 Å². The van der Waals surface area contributed by atoms with E-state index in [0.717, 1.165) is 16.9 Å². The molecule has 0 saturated heterocycles. The number of thiazole rings is 1. The molecular weight excluding hydrogens is 202 g/mol. The molecule has 0 amide bonds. The smallest absolute Gasteiger partial charge is 0.0976 e. The molecule has 15 heavy (non-hydrogen) atoms. The minimum Gasteiger partial charge on any atom is -0.241 e. The highest BCUT2D eigenvalue weighted by molar-refractivity contribution is 7.18. The Balaban J connectivity index is 2.18. The molecule has 1 nitrogen and oxygen atoms in total. The van der Waals surface area contributed by atoms with Gasteiger partial charge in [-0.05, 0) is 18.2 Å². The summed E-state index contributed by atoms with van der Waals surface area (Å²) < 4.78 is 1.25. The molecule has 74 valence electrons. The van der Waals surface area contributed by atoms with Gasteiger partial charge in [0.1, 0.15) is 0 Å². The zero-order valence-electron chi connectivity index (χ0n) is 8.31. The third kappa shape index (κ3) is 2.44. The second-order valence-electron chi connectivity index (χ2n) is 3.08. The van der Waals surface area contributed by atoms with Crippen LogP contribution in [0.5, 0.6) is 0 Å². The Bertz CT molecular complexity index is 497. The van der Waals surface area contributed by atoms with Crippen molar-refractivity contribution in [3.8, 4) is 0 Å². The van der Waals surface area contributed by atoms with Crippen molar-refractivity contribution in [3.63, 3.8) is 0 Å². The summed E-state index contributed by atoms with van der Waals surface area (Å²) in [5.74, 6) is 0. The van der Waals surface area contributed by atoms with E-state index >= 15 is 0 Å². The summed E-state index contributed by atoms with van der Waals surface area (Å²) in [6.45, 7) is 3.50. The Morgan fingerprint density at radius 3 is 3.07 bits per heavy atom. The lowest BCUT2D eigenvalue weighted by Gasteiger charge is -1.83. The summed E-state index contributed by atoms with van der Waals surface area (Å²) in [6.07, 6.45) is 6.68. The molecule has 0 saturated carbocycles. The Morgan fingerprint density at radius 2 is 2.27 bits per heavy atom. The average molecular weight is 213 g/mol. The van der Waals surface area contributed by atoms with E-state index in [0.29, 0.717) is 0 Å². The fourth-order valence-corrected chi connectivity index (χ4v) is 2.25. The molecule has 0 bridgehead atoms. The van der Waals surface area contributed by atoms with Gasteiger partial charge in [-0.25, -0.2) is 4.98 Å². The van der Waals surface area contributed by atoms with Gasteiger partial charge in [-0.3, -0.25) is 0 Å². The van der Waals surface area contributed by atoms with Gasteiger partial charge in [0, 0.05) is 6.42 Å². The number of aromatic nitrogens is 1. The molecule has 0 fully saturated rings. The third-order valence-electron chi connectivity index (χ3n) is 1.98. The van der Waals surface area contributed by atoms with E-state index in [1.165, 1.54) is 4.70 Å². The van der Waals surface area contributed by atoms with Crippen LogP contribution in [0.3, 0.4) is 0 Å². The van der Waals surface area contributed by atoms with E-state index in [-0.39, 0.29) is 0 Å². The predicted octanol–water partition coefficient (Wildman–Crippen LogP) is 3.74. The number of allylic oxidation sites excluding steroid dienone is 3. The van der Waals surface area contributed by atoms with Gasteiger partial charge in [0.05, 0.1) is 15.2 Å². The van der Waals surface area contributed by atoms with Gasteiger partial charge in [0.2, 0.25) is 0 Å². The van der Waals surface area contributed by atoms with Crippen molar-refractivity contribution in [1.82, 2.24) is 4.98 Å². The number of hydrogen-bond donors (Lipinski definition) is 0. The standard InChI is InChI=1S/C13H11NS/c1-2-3-4-5-10-13-14-11-8-6-7-9-12(11)15-13/h3-9H,1,10H2. The Kier molecular flexibility index (Phi) is 3.13. The molecule has 2 aromatic rings. The Hall–Kier alpha value is -1.63.